The smallest absolute Gasteiger partial charge is 0.274 e. The third-order valence-corrected chi connectivity index (χ3v) is 6.90. The van der Waals surface area contributed by atoms with Gasteiger partial charge in [0.2, 0.25) is 0 Å². The number of benzene rings is 1. The Kier molecular flexibility index (Phi) is 5.59. The summed E-state index contributed by atoms with van der Waals surface area (Å²) in [7, 11) is 0. The zero-order valence-corrected chi connectivity index (χ0v) is 17.3. The first-order chi connectivity index (χ1) is 14.3. The van der Waals surface area contributed by atoms with Crippen molar-refractivity contribution in [3.05, 3.63) is 35.5 Å². The summed E-state index contributed by atoms with van der Waals surface area (Å²) in [4.78, 5) is 18.8. The zero-order chi connectivity index (χ0) is 19.6. The van der Waals surface area contributed by atoms with Gasteiger partial charge in [0.15, 0.2) is 5.69 Å². The standard InChI is InChI=1S/C21H26N4O3S/c26-21(24-9-13-28-14-10-24)19-17-15-29-18-4-2-1-3-16(18)20(17)25(22-19)6-5-23-7-11-27-12-8-23/h1-4H,5-15H2. The first-order valence-corrected chi connectivity index (χ1v) is 11.3. The van der Waals surface area contributed by atoms with E-state index in [1.165, 1.54) is 10.5 Å². The molecule has 154 valence electrons. The Bertz CT molecular complexity index is 888. The SMILES string of the molecule is O=C(c1nn(CCN2CCOCC2)c2c1CSc1ccccc1-2)N1CCOCC1. The van der Waals surface area contributed by atoms with E-state index in [0.29, 0.717) is 32.0 Å². The maximum Gasteiger partial charge on any atom is 0.274 e. The van der Waals surface area contributed by atoms with E-state index in [-0.39, 0.29) is 5.91 Å². The van der Waals surface area contributed by atoms with Crippen molar-refractivity contribution in [2.45, 2.75) is 17.2 Å². The van der Waals surface area contributed by atoms with Crippen LogP contribution in [-0.4, -0.2) is 84.6 Å². The Hall–Kier alpha value is -1.87. The van der Waals surface area contributed by atoms with Crippen molar-refractivity contribution in [2.75, 3.05) is 59.2 Å². The highest BCUT2D eigenvalue weighted by molar-refractivity contribution is 7.98. The third kappa shape index (κ3) is 3.82. The molecule has 0 spiro atoms. The second-order valence-corrected chi connectivity index (χ2v) is 8.56. The van der Waals surface area contributed by atoms with Crippen molar-refractivity contribution in [2.24, 2.45) is 0 Å². The van der Waals surface area contributed by atoms with Gasteiger partial charge in [0, 0.05) is 54.5 Å². The number of rotatable bonds is 4. The molecule has 3 aliphatic rings. The Labute approximate surface area is 174 Å². The molecular formula is C21H26N4O3S. The quantitative estimate of drug-likeness (QED) is 0.762. The number of hydrogen-bond donors (Lipinski definition) is 0. The number of thioether (sulfide) groups is 1. The second kappa shape index (κ2) is 8.47. The van der Waals surface area contributed by atoms with Crippen molar-refractivity contribution in [1.82, 2.24) is 19.6 Å². The van der Waals surface area contributed by atoms with Gasteiger partial charge in [-0.05, 0) is 6.07 Å². The van der Waals surface area contributed by atoms with Gasteiger partial charge in [-0.2, -0.15) is 5.10 Å². The van der Waals surface area contributed by atoms with Crippen LogP contribution in [0.1, 0.15) is 16.1 Å². The monoisotopic (exact) mass is 414 g/mol. The average molecular weight is 415 g/mol. The van der Waals surface area contributed by atoms with Crippen LogP contribution in [0.3, 0.4) is 0 Å². The molecule has 3 aliphatic heterocycles. The van der Waals surface area contributed by atoms with Crippen molar-refractivity contribution in [3.8, 4) is 11.3 Å². The van der Waals surface area contributed by atoms with E-state index in [0.717, 1.165) is 56.4 Å². The van der Waals surface area contributed by atoms with E-state index in [9.17, 15) is 4.79 Å². The molecule has 2 fully saturated rings. The first kappa shape index (κ1) is 19.1. The molecule has 29 heavy (non-hydrogen) atoms. The summed E-state index contributed by atoms with van der Waals surface area (Å²) < 4.78 is 12.9. The van der Waals surface area contributed by atoms with E-state index < -0.39 is 0 Å². The van der Waals surface area contributed by atoms with Crippen molar-refractivity contribution in [1.29, 1.82) is 0 Å². The van der Waals surface area contributed by atoms with Crippen LogP contribution >= 0.6 is 11.8 Å². The average Bonchev–Trinajstić information content (AvgIpc) is 3.17. The van der Waals surface area contributed by atoms with Crippen LogP contribution in [0.5, 0.6) is 0 Å². The molecule has 0 atom stereocenters. The van der Waals surface area contributed by atoms with Gasteiger partial charge in [-0.1, -0.05) is 18.2 Å². The Morgan fingerprint density at radius 1 is 1.00 bits per heavy atom. The van der Waals surface area contributed by atoms with Crippen LogP contribution in [-0.2, 0) is 21.8 Å². The predicted molar refractivity (Wildman–Crippen MR) is 111 cm³/mol. The van der Waals surface area contributed by atoms with Gasteiger partial charge < -0.3 is 14.4 Å². The fourth-order valence-electron chi connectivity index (χ4n) is 4.19. The molecule has 4 heterocycles. The predicted octanol–water partition coefficient (Wildman–Crippen LogP) is 1.96. The minimum atomic E-state index is 0.0367. The molecule has 5 rings (SSSR count). The van der Waals surface area contributed by atoms with Gasteiger partial charge in [-0.25, -0.2) is 0 Å². The molecule has 0 radical (unpaired) electrons. The van der Waals surface area contributed by atoms with Gasteiger partial charge in [-0.3, -0.25) is 14.4 Å². The van der Waals surface area contributed by atoms with Crippen LogP contribution in [0.4, 0.5) is 0 Å². The molecule has 8 heteroatoms. The van der Waals surface area contributed by atoms with E-state index >= 15 is 0 Å². The summed E-state index contributed by atoms with van der Waals surface area (Å²) >= 11 is 1.79. The van der Waals surface area contributed by atoms with Crippen molar-refractivity contribution in [3.63, 3.8) is 0 Å². The Morgan fingerprint density at radius 2 is 1.72 bits per heavy atom. The van der Waals surface area contributed by atoms with Gasteiger partial charge in [0.1, 0.15) is 0 Å². The lowest BCUT2D eigenvalue weighted by molar-refractivity contribution is 0.0297. The maximum atomic E-state index is 13.3. The van der Waals surface area contributed by atoms with E-state index in [2.05, 4.69) is 33.8 Å². The zero-order valence-electron chi connectivity index (χ0n) is 16.5. The van der Waals surface area contributed by atoms with E-state index in [1.807, 2.05) is 4.90 Å². The highest BCUT2D eigenvalue weighted by Gasteiger charge is 2.31. The number of carbonyl (C=O) groups excluding carboxylic acids is 1. The van der Waals surface area contributed by atoms with Gasteiger partial charge in [-0.15, -0.1) is 11.8 Å². The molecule has 0 bridgehead atoms. The lowest BCUT2D eigenvalue weighted by Crippen LogP contribution is -2.41. The largest absolute Gasteiger partial charge is 0.379 e. The number of morpholine rings is 2. The number of carbonyl (C=O) groups is 1. The van der Waals surface area contributed by atoms with Crippen LogP contribution in [0.15, 0.2) is 29.2 Å². The number of nitrogens with zero attached hydrogens (tertiary/aromatic N) is 4. The summed E-state index contributed by atoms with van der Waals surface area (Å²) in [5.41, 5.74) is 4.00. The molecule has 1 aromatic heterocycles. The summed E-state index contributed by atoms with van der Waals surface area (Å²) in [5, 5.41) is 4.86. The molecular weight excluding hydrogens is 388 g/mol. The van der Waals surface area contributed by atoms with Gasteiger partial charge in [0.05, 0.1) is 38.7 Å². The van der Waals surface area contributed by atoms with Crippen LogP contribution in [0.25, 0.3) is 11.3 Å². The number of fused-ring (bicyclic) bond motifs is 3. The topological polar surface area (TPSA) is 59.8 Å². The number of amides is 1. The summed E-state index contributed by atoms with van der Waals surface area (Å²) in [5.74, 6) is 0.824. The fourth-order valence-corrected chi connectivity index (χ4v) is 5.25. The van der Waals surface area contributed by atoms with Crippen LogP contribution < -0.4 is 0 Å². The highest BCUT2D eigenvalue weighted by Crippen LogP contribution is 2.42. The molecule has 7 nitrogen and oxygen atoms in total. The second-order valence-electron chi connectivity index (χ2n) is 7.54. The molecule has 2 aromatic rings. The minimum Gasteiger partial charge on any atom is -0.379 e. The molecule has 1 aromatic carbocycles. The van der Waals surface area contributed by atoms with Crippen molar-refractivity contribution >= 4 is 17.7 Å². The van der Waals surface area contributed by atoms with E-state index in [1.54, 1.807) is 11.8 Å². The molecule has 1 amide bonds. The number of ether oxygens (including phenoxy) is 2. The summed E-state index contributed by atoms with van der Waals surface area (Å²) in [6.45, 7) is 7.65. The molecule has 0 saturated carbocycles. The normalized spacial score (nSPS) is 19.7. The molecule has 0 N–H and O–H groups in total. The number of aromatic nitrogens is 2. The van der Waals surface area contributed by atoms with Gasteiger partial charge in [0.25, 0.3) is 5.91 Å². The number of hydrogen-bond acceptors (Lipinski definition) is 6. The summed E-state index contributed by atoms with van der Waals surface area (Å²) in [6.07, 6.45) is 0. The Balaban J connectivity index is 1.48. The van der Waals surface area contributed by atoms with E-state index in [4.69, 9.17) is 14.6 Å². The fraction of sp³-hybridized carbons (Fsp3) is 0.524. The maximum absolute atomic E-state index is 13.3. The van der Waals surface area contributed by atoms with Gasteiger partial charge >= 0.3 is 0 Å². The van der Waals surface area contributed by atoms with Crippen molar-refractivity contribution < 1.29 is 14.3 Å². The van der Waals surface area contributed by atoms with Crippen LogP contribution in [0, 0.1) is 0 Å². The molecule has 0 aliphatic carbocycles. The lowest BCUT2D eigenvalue weighted by atomic mass is 10.1. The Morgan fingerprint density at radius 3 is 2.52 bits per heavy atom. The van der Waals surface area contributed by atoms with Crippen LogP contribution in [0.2, 0.25) is 0 Å². The first-order valence-electron chi connectivity index (χ1n) is 10.3. The minimum absolute atomic E-state index is 0.0367. The lowest BCUT2D eigenvalue weighted by Gasteiger charge is -2.27. The molecule has 0 unspecified atom stereocenters. The third-order valence-electron chi connectivity index (χ3n) is 5.80. The highest BCUT2D eigenvalue weighted by atomic mass is 32.2. The molecule has 2 saturated heterocycles. The summed E-state index contributed by atoms with van der Waals surface area (Å²) in [6, 6.07) is 8.45.